The maximum absolute atomic E-state index is 12.1. The molecule has 0 aromatic rings. The normalized spacial score (nSPS) is 25.2. The molecule has 1 saturated heterocycles. The van der Waals surface area contributed by atoms with E-state index >= 15 is 0 Å². The molecule has 0 aromatic heterocycles. The van der Waals surface area contributed by atoms with Crippen LogP contribution in [0.3, 0.4) is 0 Å². The Labute approximate surface area is 108 Å². The largest absolute Gasteiger partial charge is 0.378 e. The summed E-state index contributed by atoms with van der Waals surface area (Å²) in [6.45, 7) is 5.78. The Bertz CT molecular complexity index is 326. The van der Waals surface area contributed by atoms with Crippen molar-refractivity contribution in [2.75, 3.05) is 26.3 Å². The Hall–Kier alpha value is -0.940. The minimum absolute atomic E-state index is 0.00811. The molecule has 1 aliphatic heterocycles. The van der Waals surface area contributed by atoms with Gasteiger partial charge in [0.2, 0.25) is 5.91 Å². The molecule has 2 fully saturated rings. The highest BCUT2D eigenvalue weighted by molar-refractivity contribution is 5.85. The van der Waals surface area contributed by atoms with Gasteiger partial charge in [-0.15, -0.1) is 0 Å². The fraction of sp³-hybridized carbons (Fsp3) is 0.846. The number of rotatable bonds is 5. The van der Waals surface area contributed by atoms with Gasteiger partial charge in [-0.2, -0.15) is 0 Å². The lowest BCUT2D eigenvalue weighted by Gasteiger charge is -2.34. The molecule has 1 aliphatic carbocycles. The van der Waals surface area contributed by atoms with Crippen molar-refractivity contribution >= 4 is 11.7 Å². The molecule has 0 bridgehead atoms. The highest BCUT2D eigenvalue weighted by Gasteiger charge is 2.34. The predicted octanol–water partition coefficient (Wildman–Crippen LogP) is 0.191. The van der Waals surface area contributed by atoms with Gasteiger partial charge in [-0.3, -0.25) is 14.5 Å². The maximum atomic E-state index is 12.1. The van der Waals surface area contributed by atoms with Crippen molar-refractivity contribution in [1.82, 2.24) is 10.2 Å². The molecule has 5 heteroatoms. The Morgan fingerprint density at radius 2 is 2.11 bits per heavy atom. The van der Waals surface area contributed by atoms with Crippen LogP contribution in [0.2, 0.25) is 0 Å². The van der Waals surface area contributed by atoms with Gasteiger partial charge in [-0.25, -0.2) is 0 Å². The van der Waals surface area contributed by atoms with Gasteiger partial charge >= 0.3 is 0 Å². The fourth-order valence-electron chi connectivity index (χ4n) is 1.98. The number of hydrogen-bond donors (Lipinski definition) is 1. The molecule has 102 valence electrons. The zero-order valence-corrected chi connectivity index (χ0v) is 11.1. The average molecular weight is 254 g/mol. The van der Waals surface area contributed by atoms with Crippen LogP contribution in [0.25, 0.3) is 0 Å². The number of carbonyl (C=O) groups excluding carboxylic acids is 2. The van der Waals surface area contributed by atoms with Gasteiger partial charge in [0.05, 0.1) is 19.8 Å². The van der Waals surface area contributed by atoms with E-state index in [0.717, 1.165) is 12.8 Å². The lowest BCUT2D eigenvalue weighted by molar-refractivity contribution is -0.135. The van der Waals surface area contributed by atoms with E-state index in [1.165, 1.54) is 0 Å². The number of nitrogens with zero attached hydrogens (tertiary/aromatic N) is 1. The van der Waals surface area contributed by atoms with Crippen LogP contribution < -0.4 is 5.32 Å². The van der Waals surface area contributed by atoms with Crippen LogP contribution in [-0.2, 0) is 14.3 Å². The molecule has 1 saturated carbocycles. The smallest absolute Gasteiger partial charge is 0.239 e. The van der Waals surface area contributed by atoms with E-state index in [1.807, 2.05) is 18.7 Å². The quantitative estimate of drug-likeness (QED) is 0.761. The lowest BCUT2D eigenvalue weighted by Crippen LogP contribution is -2.55. The van der Waals surface area contributed by atoms with Gasteiger partial charge < -0.3 is 10.1 Å². The summed E-state index contributed by atoms with van der Waals surface area (Å²) < 4.78 is 5.36. The number of Topliss-reactive ketones (excluding diaryl/α,β-unsaturated/α-hetero) is 1. The van der Waals surface area contributed by atoms with E-state index in [9.17, 15) is 9.59 Å². The van der Waals surface area contributed by atoms with Crippen molar-refractivity contribution in [3.63, 3.8) is 0 Å². The van der Waals surface area contributed by atoms with Crippen LogP contribution in [0, 0.1) is 5.92 Å². The molecule has 0 spiro atoms. The first-order valence-corrected chi connectivity index (χ1v) is 6.73. The zero-order valence-electron chi connectivity index (χ0n) is 11.1. The molecule has 2 aliphatic rings. The van der Waals surface area contributed by atoms with Gasteiger partial charge in [-0.1, -0.05) is 13.8 Å². The standard InChI is InChI=1S/C13H22N2O3/c1-9(2)12(16)7-15-5-6-18-8-11(15)13(17)14-10-3-4-10/h9-11H,3-8H2,1-2H3,(H,14,17). The zero-order chi connectivity index (χ0) is 13.1. The number of nitrogens with one attached hydrogen (secondary N) is 1. The molecule has 0 radical (unpaired) electrons. The van der Waals surface area contributed by atoms with E-state index in [0.29, 0.717) is 32.3 Å². The molecule has 5 nitrogen and oxygen atoms in total. The van der Waals surface area contributed by atoms with E-state index in [1.54, 1.807) is 0 Å². The van der Waals surface area contributed by atoms with Crippen LogP contribution in [0.1, 0.15) is 26.7 Å². The summed E-state index contributed by atoms with van der Waals surface area (Å²) in [5.41, 5.74) is 0. The molecule has 1 N–H and O–H groups in total. The van der Waals surface area contributed by atoms with Crippen molar-refractivity contribution in [1.29, 1.82) is 0 Å². The van der Waals surface area contributed by atoms with Crippen molar-refractivity contribution in [2.24, 2.45) is 5.92 Å². The fourth-order valence-corrected chi connectivity index (χ4v) is 1.98. The molecular weight excluding hydrogens is 232 g/mol. The third kappa shape index (κ3) is 3.53. The van der Waals surface area contributed by atoms with Crippen LogP contribution in [0.5, 0.6) is 0 Å². The summed E-state index contributed by atoms with van der Waals surface area (Å²) in [5.74, 6) is 0.204. The summed E-state index contributed by atoms with van der Waals surface area (Å²) >= 11 is 0. The van der Waals surface area contributed by atoms with Crippen molar-refractivity contribution in [2.45, 2.75) is 38.8 Å². The lowest BCUT2D eigenvalue weighted by atomic mass is 10.1. The number of ether oxygens (including phenoxy) is 1. The molecule has 1 unspecified atom stereocenters. The summed E-state index contributed by atoms with van der Waals surface area (Å²) in [5, 5.41) is 2.98. The summed E-state index contributed by atoms with van der Waals surface area (Å²) in [6.07, 6.45) is 2.15. The van der Waals surface area contributed by atoms with Gasteiger partial charge in [0, 0.05) is 18.5 Å². The van der Waals surface area contributed by atoms with E-state index in [-0.39, 0.29) is 23.7 Å². The van der Waals surface area contributed by atoms with E-state index in [2.05, 4.69) is 5.32 Å². The average Bonchev–Trinajstić information content (AvgIpc) is 3.13. The highest BCUT2D eigenvalue weighted by Crippen LogP contribution is 2.19. The van der Waals surface area contributed by atoms with Gasteiger partial charge in [0.15, 0.2) is 0 Å². The second-order valence-electron chi connectivity index (χ2n) is 5.47. The van der Waals surface area contributed by atoms with Crippen LogP contribution in [0.4, 0.5) is 0 Å². The minimum Gasteiger partial charge on any atom is -0.378 e. The molecule has 0 aromatic carbocycles. The summed E-state index contributed by atoms with van der Waals surface area (Å²) in [4.78, 5) is 25.8. The Kier molecular flexibility index (Phi) is 4.35. The molecular formula is C13H22N2O3. The molecule has 1 amide bonds. The summed E-state index contributed by atoms with van der Waals surface area (Å²) in [7, 11) is 0. The second-order valence-corrected chi connectivity index (χ2v) is 5.47. The first-order valence-electron chi connectivity index (χ1n) is 6.73. The maximum Gasteiger partial charge on any atom is 0.239 e. The third-order valence-electron chi connectivity index (χ3n) is 3.47. The number of amides is 1. The first-order chi connectivity index (χ1) is 8.58. The molecule has 1 atom stereocenters. The second kappa shape index (κ2) is 5.80. The predicted molar refractivity (Wildman–Crippen MR) is 67.2 cm³/mol. The topological polar surface area (TPSA) is 58.6 Å². The van der Waals surface area contributed by atoms with Crippen LogP contribution in [-0.4, -0.2) is 55.0 Å². The number of hydrogen-bond acceptors (Lipinski definition) is 4. The Balaban J connectivity index is 1.91. The number of ketones is 1. The van der Waals surface area contributed by atoms with Crippen molar-refractivity contribution in [3.05, 3.63) is 0 Å². The van der Waals surface area contributed by atoms with Crippen LogP contribution >= 0.6 is 0 Å². The molecule has 18 heavy (non-hydrogen) atoms. The first kappa shape index (κ1) is 13.5. The highest BCUT2D eigenvalue weighted by atomic mass is 16.5. The van der Waals surface area contributed by atoms with Crippen molar-refractivity contribution < 1.29 is 14.3 Å². The minimum atomic E-state index is -0.304. The molecule has 1 heterocycles. The monoisotopic (exact) mass is 254 g/mol. The SMILES string of the molecule is CC(C)C(=O)CN1CCOCC1C(=O)NC1CC1. The molecule has 2 rings (SSSR count). The van der Waals surface area contributed by atoms with Gasteiger partial charge in [-0.05, 0) is 12.8 Å². The summed E-state index contributed by atoms with van der Waals surface area (Å²) in [6, 6.07) is 0.0455. The third-order valence-corrected chi connectivity index (χ3v) is 3.47. The van der Waals surface area contributed by atoms with Gasteiger partial charge in [0.1, 0.15) is 11.8 Å². The van der Waals surface area contributed by atoms with Crippen molar-refractivity contribution in [3.8, 4) is 0 Å². The Morgan fingerprint density at radius 3 is 2.72 bits per heavy atom. The van der Waals surface area contributed by atoms with E-state index in [4.69, 9.17) is 4.74 Å². The van der Waals surface area contributed by atoms with Crippen LogP contribution in [0.15, 0.2) is 0 Å². The number of carbonyl (C=O) groups is 2. The Morgan fingerprint density at radius 1 is 1.39 bits per heavy atom. The number of morpholine rings is 1. The van der Waals surface area contributed by atoms with Gasteiger partial charge in [0.25, 0.3) is 0 Å². The van der Waals surface area contributed by atoms with E-state index < -0.39 is 0 Å².